The third-order valence-electron chi connectivity index (χ3n) is 2.18. The molecular formula is C15H16O2. The van der Waals surface area contributed by atoms with Crippen molar-refractivity contribution in [1.29, 1.82) is 0 Å². The maximum absolute atomic E-state index is 5.79. The molecule has 2 heteroatoms. The molecule has 0 bridgehead atoms. The van der Waals surface area contributed by atoms with Gasteiger partial charge in [0.2, 0.25) is 0 Å². The summed E-state index contributed by atoms with van der Waals surface area (Å²) >= 11 is 0. The Morgan fingerprint density at radius 3 is 2.00 bits per heavy atom. The molecule has 2 nitrogen and oxygen atoms in total. The summed E-state index contributed by atoms with van der Waals surface area (Å²) in [5.41, 5.74) is 0. The first kappa shape index (κ1) is 11.5. The zero-order valence-corrected chi connectivity index (χ0v) is 10.1. The van der Waals surface area contributed by atoms with Crippen LogP contribution < -0.4 is 9.47 Å². The van der Waals surface area contributed by atoms with E-state index in [1.165, 1.54) is 0 Å². The highest BCUT2D eigenvalue weighted by Gasteiger charge is 2.06. The predicted molar refractivity (Wildman–Crippen MR) is 68.7 cm³/mol. The quantitative estimate of drug-likeness (QED) is 0.778. The molecule has 88 valence electrons. The van der Waals surface area contributed by atoms with E-state index >= 15 is 0 Å². The van der Waals surface area contributed by atoms with Crippen molar-refractivity contribution in [2.24, 2.45) is 0 Å². The van der Waals surface area contributed by atoms with Crippen LogP contribution in [-0.2, 0) is 0 Å². The van der Waals surface area contributed by atoms with Gasteiger partial charge in [-0.2, -0.15) is 0 Å². The summed E-state index contributed by atoms with van der Waals surface area (Å²) in [5.74, 6) is 2.33. The molecule has 0 atom stereocenters. The number of ether oxygens (including phenoxy) is 2. The first-order valence-corrected chi connectivity index (χ1v) is 5.74. The molecule has 0 N–H and O–H groups in total. The minimum Gasteiger partial charge on any atom is -0.487 e. The topological polar surface area (TPSA) is 18.5 Å². The third kappa shape index (κ3) is 3.25. The molecule has 0 heterocycles. The lowest BCUT2D eigenvalue weighted by Gasteiger charge is -2.14. The Morgan fingerprint density at radius 1 is 0.765 bits per heavy atom. The molecule has 0 fully saturated rings. The van der Waals surface area contributed by atoms with Crippen LogP contribution in [0, 0.1) is 0 Å². The molecule has 0 aliphatic rings. The second-order valence-electron chi connectivity index (χ2n) is 4.03. The van der Waals surface area contributed by atoms with Crippen LogP contribution in [0.4, 0.5) is 0 Å². The van der Waals surface area contributed by atoms with Gasteiger partial charge in [0.05, 0.1) is 6.10 Å². The largest absolute Gasteiger partial charge is 0.487 e. The fourth-order valence-electron chi connectivity index (χ4n) is 1.50. The Hall–Kier alpha value is -1.96. The van der Waals surface area contributed by atoms with Crippen molar-refractivity contribution < 1.29 is 9.47 Å². The molecule has 0 aromatic heterocycles. The van der Waals surface area contributed by atoms with Gasteiger partial charge in [0.25, 0.3) is 0 Å². The standard InChI is InChI=1S/C15H16O2/c1-12(2)16-14-10-6-7-11-15(14)17-13-8-4-3-5-9-13/h3-12H,1-2H3. The summed E-state index contributed by atoms with van der Waals surface area (Å²) < 4.78 is 11.5. The molecule has 0 unspecified atom stereocenters. The van der Waals surface area contributed by atoms with Gasteiger partial charge in [-0.05, 0) is 38.1 Å². The van der Waals surface area contributed by atoms with Gasteiger partial charge in [0.15, 0.2) is 11.5 Å². The fraction of sp³-hybridized carbons (Fsp3) is 0.200. The van der Waals surface area contributed by atoms with Crippen LogP contribution in [0.2, 0.25) is 0 Å². The van der Waals surface area contributed by atoms with Gasteiger partial charge in [0, 0.05) is 0 Å². The molecule has 0 saturated heterocycles. The lowest BCUT2D eigenvalue weighted by molar-refractivity contribution is 0.233. The van der Waals surface area contributed by atoms with E-state index in [9.17, 15) is 0 Å². The maximum Gasteiger partial charge on any atom is 0.169 e. The van der Waals surface area contributed by atoms with E-state index in [2.05, 4.69) is 0 Å². The summed E-state index contributed by atoms with van der Waals surface area (Å²) in [5, 5.41) is 0. The first-order valence-electron chi connectivity index (χ1n) is 5.74. The molecule has 0 aliphatic carbocycles. The second kappa shape index (κ2) is 5.39. The van der Waals surface area contributed by atoms with E-state index in [0.717, 1.165) is 17.2 Å². The number of rotatable bonds is 4. The first-order chi connectivity index (χ1) is 8.25. The Morgan fingerprint density at radius 2 is 1.35 bits per heavy atom. The van der Waals surface area contributed by atoms with Gasteiger partial charge < -0.3 is 9.47 Å². The third-order valence-corrected chi connectivity index (χ3v) is 2.18. The lowest BCUT2D eigenvalue weighted by Crippen LogP contribution is -2.06. The van der Waals surface area contributed by atoms with Crippen molar-refractivity contribution in [3.63, 3.8) is 0 Å². The summed E-state index contributed by atoms with van der Waals surface area (Å²) in [4.78, 5) is 0. The summed E-state index contributed by atoms with van der Waals surface area (Å²) in [6, 6.07) is 17.4. The smallest absolute Gasteiger partial charge is 0.169 e. The van der Waals surface area contributed by atoms with Crippen LogP contribution >= 0.6 is 0 Å². The molecule has 0 aliphatic heterocycles. The lowest BCUT2D eigenvalue weighted by atomic mass is 10.3. The molecule has 0 saturated carbocycles. The normalized spacial score (nSPS) is 10.3. The molecule has 0 spiro atoms. The van der Waals surface area contributed by atoms with Crippen LogP contribution in [-0.4, -0.2) is 6.10 Å². The van der Waals surface area contributed by atoms with Gasteiger partial charge in [-0.25, -0.2) is 0 Å². The number of hydrogen-bond donors (Lipinski definition) is 0. The zero-order valence-electron chi connectivity index (χ0n) is 10.1. The summed E-state index contributed by atoms with van der Waals surface area (Å²) in [6.07, 6.45) is 0.135. The van der Waals surface area contributed by atoms with Crippen LogP contribution in [0.15, 0.2) is 54.6 Å². The van der Waals surface area contributed by atoms with Crippen LogP contribution in [0.5, 0.6) is 17.2 Å². The highest BCUT2D eigenvalue weighted by Crippen LogP contribution is 2.31. The van der Waals surface area contributed by atoms with E-state index in [1.807, 2.05) is 68.4 Å². The van der Waals surface area contributed by atoms with Gasteiger partial charge in [0.1, 0.15) is 5.75 Å². The average Bonchev–Trinajstić information content (AvgIpc) is 2.32. The van der Waals surface area contributed by atoms with Crippen LogP contribution in [0.3, 0.4) is 0 Å². The van der Waals surface area contributed by atoms with Crippen molar-refractivity contribution in [2.45, 2.75) is 20.0 Å². The van der Waals surface area contributed by atoms with Gasteiger partial charge in [-0.1, -0.05) is 30.3 Å². The van der Waals surface area contributed by atoms with Crippen molar-refractivity contribution in [3.8, 4) is 17.2 Å². The fourth-order valence-corrected chi connectivity index (χ4v) is 1.50. The molecule has 2 rings (SSSR count). The number of hydrogen-bond acceptors (Lipinski definition) is 2. The number of benzene rings is 2. The summed E-state index contributed by atoms with van der Waals surface area (Å²) in [6.45, 7) is 4.00. The van der Waals surface area contributed by atoms with E-state index < -0.39 is 0 Å². The Kier molecular flexibility index (Phi) is 3.66. The van der Waals surface area contributed by atoms with Crippen LogP contribution in [0.25, 0.3) is 0 Å². The minimum absolute atomic E-state index is 0.135. The molecule has 0 radical (unpaired) electrons. The predicted octanol–water partition coefficient (Wildman–Crippen LogP) is 4.27. The highest BCUT2D eigenvalue weighted by molar-refractivity contribution is 5.42. The molecule has 0 amide bonds. The van der Waals surface area contributed by atoms with Crippen molar-refractivity contribution >= 4 is 0 Å². The molecule has 2 aromatic carbocycles. The monoisotopic (exact) mass is 228 g/mol. The van der Waals surface area contributed by atoms with E-state index in [4.69, 9.17) is 9.47 Å². The average molecular weight is 228 g/mol. The highest BCUT2D eigenvalue weighted by atomic mass is 16.5. The van der Waals surface area contributed by atoms with Crippen LogP contribution in [0.1, 0.15) is 13.8 Å². The second-order valence-corrected chi connectivity index (χ2v) is 4.03. The maximum atomic E-state index is 5.79. The molecule has 2 aromatic rings. The van der Waals surface area contributed by atoms with E-state index in [-0.39, 0.29) is 6.10 Å². The number of para-hydroxylation sites is 3. The SMILES string of the molecule is CC(C)Oc1ccccc1Oc1ccccc1. The van der Waals surface area contributed by atoms with E-state index in [1.54, 1.807) is 0 Å². The minimum atomic E-state index is 0.135. The molecular weight excluding hydrogens is 212 g/mol. The van der Waals surface area contributed by atoms with Crippen molar-refractivity contribution in [3.05, 3.63) is 54.6 Å². The Balaban J connectivity index is 2.20. The van der Waals surface area contributed by atoms with Crippen molar-refractivity contribution in [2.75, 3.05) is 0 Å². The molecule has 17 heavy (non-hydrogen) atoms. The van der Waals surface area contributed by atoms with Gasteiger partial charge >= 0.3 is 0 Å². The Labute approximate surface area is 102 Å². The zero-order chi connectivity index (χ0) is 12.1. The van der Waals surface area contributed by atoms with Crippen molar-refractivity contribution in [1.82, 2.24) is 0 Å². The summed E-state index contributed by atoms with van der Waals surface area (Å²) in [7, 11) is 0. The Bertz CT molecular complexity index is 463. The van der Waals surface area contributed by atoms with E-state index in [0.29, 0.717) is 0 Å². The van der Waals surface area contributed by atoms with Gasteiger partial charge in [-0.15, -0.1) is 0 Å². The van der Waals surface area contributed by atoms with Gasteiger partial charge in [-0.3, -0.25) is 0 Å².